The Morgan fingerprint density at radius 1 is 1.06 bits per heavy atom. The van der Waals surface area contributed by atoms with Gasteiger partial charge in [-0.05, 0) is 31.8 Å². The lowest BCUT2D eigenvalue weighted by Crippen LogP contribution is -2.29. The molecular weight excluding hydrogens is 226 g/mol. The maximum atomic E-state index is 13.7. The summed E-state index contributed by atoms with van der Waals surface area (Å²) in [6, 6.07) is 2.31. The lowest BCUT2D eigenvalue weighted by Gasteiger charge is -2.22. The van der Waals surface area contributed by atoms with Crippen molar-refractivity contribution >= 4 is 5.69 Å². The molecule has 3 nitrogen and oxygen atoms in total. The highest BCUT2D eigenvalue weighted by atomic mass is 19.1. The maximum absolute atomic E-state index is 13.7. The molecule has 0 aromatic heterocycles. The van der Waals surface area contributed by atoms with Crippen LogP contribution in [0.5, 0.6) is 0 Å². The number of nitrogens with zero attached hydrogens (tertiary/aromatic N) is 2. The fraction of sp³-hybridized carbons (Fsp3) is 0.500. The minimum Gasteiger partial charge on any atom is -0.392 e. The zero-order valence-electron chi connectivity index (χ0n) is 10.4. The van der Waals surface area contributed by atoms with Crippen LogP contribution < -0.4 is 4.90 Å². The van der Waals surface area contributed by atoms with Crippen molar-refractivity contribution in [2.45, 2.75) is 6.61 Å². The molecule has 0 fully saturated rings. The van der Waals surface area contributed by atoms with Crippen molar-refractivity contribution in [2.75, 3.05) is 39.1 Å². The molecule has 1 rings (SSSR count). The normalized spacial score (nSPS) is 11.0. The van der Waals surface area contributed by atoms with Gasteiger partial charge in [-0.3, -0.25) is 0 Å². The van der Waals surface area contributed by atoms with Crippen molar-refractivity contribution < 1.29 is 13.9 Å². The van der Waals surface area contributed by atoms with Gasteiger partial charge in [0.25, 0.3) is 0 Å². The molecule has 0 atom stereocenters. The summed E-state index contributed by atoms with van der Waals surface area (Å²) in [5.41, 5.74) is 0.189. The predicted octanol–water partition coefficient (Wildman–Crippen LogP) is 1.45. The van der Waals surface area contributed by atoms with Gasteiger partial charge in [-0.2, -0.15) is 0 Å². The van der Waals surface area contributed by atoms with Gasteiger partial charge in [-0.25, -0.2) is 8.78 Å². The number of aliphatic hydroxyl groups excluding tert-OH is 1. The van der Waals surface area contributed by atoms with Gasteiger partial charge < -0.3 is 14.9 Å². The molecule has 0 heterocycles. The second-order valence-electron chi connectivity index (χ2n) is 4.29. The average molecular weight is 244 g/mol. The summed E-state index contributed by atoms with van der Waals surface area (Å²) in [6.07, 6.45) is 0. The molecule has 96 valence electrons. The first kappa shape index (κ1) is 13.9. The van der Waals surface area contributed by atoms with Crippen molar-refractivity contribution in [2.24, 2.45) is 0 Å². The quantitative estimate of drug-likeness (QED) is 0.849. The molecule has 0 radical (unpaired) electrons. The first-order chi connectivity index (χ1) is 7.95. The van der Waals surface area contributed by atoms with E-state index in [1.54, 1.807) is 7.05 Å². The summed E-state index contributed by atoms with van der Waals surface area (Å²) in [4.78, 5) is 3.47. The minimum atomic E-state index is -0.643. The number of likely N-dealkylation sites (N-methyl/N-ethyl adjacent to an activating group) is 2. The van der Waals surface area contributed by atoms with E-state index in [-0.39, 0.29) is 17.9 Å². The summed E-state index contributed by atoms with van der Waals surface area (Å²) in [5.74, 6) is -1.29. The third kappa shape index (κ3) is 3.64. The highest BCUT2D eigenvalue weighted by Gasteiger charge is 2.15. The van der Waals surface area contributed by atoms with Crippen LogP contribution in [0.4, 0.5) is 14.5 Å². The number of benzene rings is 1. The molecule has 0 unspecified atom stereocenters. The Kier molecular flexibility index (Phi) is 4.84. The van der Waals surface area contributed by atoms with Gasteiger partial charge in [-0.15, -0.1) is 0 Å². The fourth-order valence-corrected chi connectivity index (χ4v) is 1.54. The molecule has 0 bridgehead atoms. The van der Waals surface area contributed by atoms with Crippen LogP contribution in [0, 0.1) is 11.6 Å². The third-order valence-electron chi connectivity index (χ3n) is 2.52. The summed E-state index contributed by atoms with van der Waals surface area (Å²) in [7, 11) is 5.44. The summed E-state index contributed by atoms with van der Waals surface area (Å²) in [5, 5.41) is 8.84. The SMILES string of the molecule is CN(C)CCN(C)c1c(F)cc(CO)cc1F. The van der Waals surface area contributed by atoms with Crippen LogP contribution in [0.3, 0.4) is 0 Å². The van der Waals surface area contributed by atoms with Crippen LogP contribution in [0.25, 0.3) is 0 Å². The molecule has 17 heavy (non-hydrogen) atoms. The molecule has 1 aromatic rings. The van der Waals surface area contributed by atoms with Gasteiger partial charge in [0.15, 0.2) is 0 Å². The molecule has 0 saturated carbocycles. The Morgan fingerprint density at radius 3 is 2.00 bits per heavy atom. The number of rotatable bonds is 5. The van der Waals surface area contributed by atoms with Gasteiger partial charge in [0.05, 0.1) is 6.61 Å². The number of hydrogen-bond acceptors (Lipinski definition) is 3. The molecule has 5 heteroatoms. The van der Waals surface area contributed by atoms with E-state index in [4.69, 9.17) is 5.11 Å². The van der Waals surface area contributed by atoms with Crippen molar-refractivity contribution in [3.05, 3.63) is 29.3 Å². The zero-order chi connectivity index (χ0) is 13.0. The molecule has 0 aliphatic carbocycles. The Morgan fingerprint density at radius 2 is 1.59 bits per heavy atom. The molecule has 1 aromatic carbocycles. The lowest BCUT2D eigenvalue weighted by molar-refractivity contribution is 0.280. The molecule has 1 N–H and O–H groups in total. The van der Waals surface area contributed by atoms with E-state index >= 15 is 0 Å². The van der Waals surface area contributed by atoms with Crippen molar-refractivity contribution in [1.82, 2.24) is 4.90 Å². The van der Waals surface area contributed by atoms with Gasteiger partial charge in [0.2, 0.25) is 0 Å². The maximum Gasteiger partial charge on any atom is 0.149 e. The van der Waals surface area contributed by atoms with Crippen LogP contribution >= 0.6 is 0 Å². The highest BCUT2D eigenvalue weighted by Crippen LogP contribution is 2.23. The van der Waals surface area contributed by atoms with Crippen LogP contribution in [-0.2, 0) is 6.61 Å². The van der Waals surface area contributed by atoms with Gasteiger partial charge in [-0.1, -0.05) is 0 Å². The fourth-order valence-electron chi connectivity index (χ4n) is 1.54. The highest BCUT2D eigenvalue weighted by molar-refractivity contribution is 5.50. The van der Waals surface area contributed by atoms with E-state index in [0.29, 0.717) is 13.1 Å². The van der Waals surface area contributed by atoms with E-state index in [1.165, 1.54) is 4.90 Å². The van der Waals surface area contributed by atoms with Crippen LogP contribution in [0.15, 0.2) is 12.1 Å². The second-order valence-corrected chi connectivity index (χ2v) is 4.29. The summed E-state index contributed by atoms with van der Waals surface area (Å²) >= 11 is 0. The number of hydrogen-bond donors (Lipinski definition) is 1. The summed E-state index contributed by atoms with van der Waals surface area (Å²) in [6.45, 7) is 0.867. The van der Waals surface area contributed by atoms with E-state index < -0.39 is 11.6 Å². The molecule has 0 aliphatic rings. The lowest BCUT2D eigenvalue weighted by atomic mass is 10.2. The average Bonchev–Trinajstić information content (AvgIpc) is 2.25. The summed E-state index contributed by atoms with van der Waals surface area (Å²) < 4.78 is 27.3. The van der Waals surface area contributed by atoms with Crippen molar-refractivity contribution in [3.8, 4) is 0 Å². The zero-order valence-corrected chi connectivity index (χ0v) is 10.4. The largest absolute Gasteiger partial charge is 0.392 e. The van der Waals surface area contributed by atoms with Crippen LogP contribution in [0.2, 0.25) is 0 Å². The van der Waals surface area contributed by atoms with Crippen LogP contribution in [-0.4, -0.2) is 44.2 Å². The minimum absolute atomic E-state index is 0.0518. The number of halogens is 2. The third-order valence-corrected chi connectivity index (χ3v) is 2.52. The van der Waals surface area contributed by atoms with Crippen molar-refractivity contribution in [1.29, 1.82) is 0 Å². The Hall–Kier alpha value is -1.20. The first-order valence-corrected chi connectivity index (χ1v) is 5.40. The Labute approximate surface area is 100 Å². The van der Waals surface area contributed by atoms with Gasteiger partial charge in [0.1, 0.15) is 17.3 Å². The van der Waals surface area contributed by atoms with E-state index in [9.17, 15) is 8.78 Å². The smallest absolute Gasteiger partial charge is 0.149 e. The molecule has 0 aliphatic heterocycles. The van der Waals surface area contributed by atoms with Gasteiger partial charge >= 0.3 is 0 Å². The van der Waals surface area contributed by atoms with Gasteiger partial charge in [0, 0.05) is 20.1 Å². The van der Waals surface area contributed by atoms with E-state index in [0.717, 1.165) is 12.1 Å². The van der Waals surface area contributed by atoms with E-state index in [1.807, 2.05) is 19.0 Å². The van der Waals surface area contributed by atoms with Crippen LogP contribution in [0.1, 0.15) is 5.56 Å². The van der Waals surface area contributed by atoms with E-state index in [2.05, 4.69) is 0 Å². The molecule has 0 saturated heterocycles. The molecule has 0 amide bonds. The van der Waals surface area contributed by atoms with Crippen molar-refractivity contribution in [3.63, 3.8) is 0 Å². The Balaban J connectivity index is 2.89. The second kappa shape index (κ2) is 5.93. The molecule has 0 spiro atoms. The topological polar surface area (TPSA) is 26.7 Å². The Bertz CT molecular complexity index is 360. The number of aliphatic hydroxyl groups is 1. The number of anilines is 1. The standard InChI is InChI=1S/C12H18F2N2O/c1-15(2)4-5-16(3)12-10(13)6-9(8-17)7-11(12)14/h6-7,17H,4-5,8H2,1-3H3. The predicted molar refractivity (Wildman–Crippen MR) is 64.1 cm³/mol. The monoisotopic (exact) mass is 244 g/mol. The first-order valence-electron chi connectivity index (χ1n) is 5.40. The molecular formula is C12H18F2N2O.